The Bertz CT molecular complexity index is 954. The van der Waals surface area contributed by atoms with E-state index in [1.165, 1.54) is 12.8 Å². The Morgan fingerprint density at radius 1 is 1.39 bits per heavy atom. The fraction of sp³-hybridized carbons (Fsp3) is 0.550. The highest BCUT2D eigenvalue weighted by Crippen LogP contribution is 2.42. The highest BCUT2D eigenvalue weighted by atomic mass is 16.7. The number of nitrogens with one attached hydrogen (secondary N) is 2. The minimum atomic E-state index is -0.714. The topological polar surface area (TPSA) is 101 Å². The van der Waals surface area contributed by atoms with Gasteiger partial charge in [0.05, 0.1) is 28.9 Å². The number of pyridine rings is 1. The molecule has 8 nitrogen and oxygen atoms in total. The van der Waals surface area contributed by atoms with Crippen molar-refractivity contribution in [3.63, 3.8) is 0 Å². The lowest BCUT2D eigenvalue weighted by Gasteiger charge is -2.34. The Morgan fingerprint density at radius 2 is 2.18 bits per heavy atom. The van der Waals surface area contributed by atoms with Crippen LogP contribution >= 0.6 is 0 Å². The number of hydrogen-bond donors (Lipinski definition) is 3. The molecule has 0 unspecified atom stereocenters. The molecule has 1 aliphatic heterocycles. The predicted octanol–water partition coefficient (Wildman–Crippen LogP) is 2.91. The molecule has 28 heavy (non-hydrogen) atoms. The number of carbonyl (C=O) groups is 1. The quantitative estimate of drug-likeness (QED) is 0.730. The van der Waals surface area contributed by atoms with Crippen LogP contribution in [0.25, 0.3) is 16.7 Å². The summed E-state index contributed by atoms with van der Waals surface area (Å²) >= 11 is 0. The third-order valence-electron chi connectivity index (χ3n) is 6.31. The summed E-state index contributed by atoms with van der Waals surface area (Å²) in [6, 6.07) is 0.138. The van der Waals surface area contributed by atoms with E-state index in [0.29, 0.717) is 12.8 Å². The van der Waals surface area contributed by atoms with Gasteiger partial charge in [-0.3, -0.25) is 15.1 Å². The van der Waals surface area contributed by atoms with E-state index in [-0.39, 0.29) is 17.6 Å². The van der Waals surface area contributed by atoms with Crippen molar-refractivity contribution in [3.05, 3.63) is 24.0 Å². The van der Waals surface area contributed by atoms with Crippen molar-refractivity contribution >= 4 is 28.4 Å². The van der Waals surface area contributed by atoms with Gasteiger partial charge in [0.1, 0.15) is 5.60 Å². The monoisotopic (exact) mass is 383 g/mol. The van der Waals surface area contributed by atoms with Crippen molar-refractivity contribution < 1.29 is 14.7 Å². The van der Waals surface area contributed by atoms with Gasteiger partial charge in [0, 0.05) is 24.3 Å². The molecule has 0 aromatic carbocycles. The van der Waals surface area contributed by atoms with Crippen LogP contribution < -0.4 is 10.8 Å². The van der Waals surface area contributed by atoms with Crippen LogP contribution in [0.1, 0.15) is 51.0 Å². The predicted molar refractivity (Wildman–Crippen MR) is 104 cm³/mol. The van der Waals surface area contributed by atoms with Gasteiger partial charge in [0.15, 0.2) is 5.65 Å². The smallest absolute Gasteiger partial charge is 0.306 e. The van der Waals surface area contributed by atoms with E-state index in [0.717, 1.165) is 47.4 Å². The molecular formula is C20H25N5O3. The molecule has 3 N–H and O–H groups in total. The van der Waals surface area contributed by atoms with Gasteiger partial charge >= 0.3 is 5.97 Å². The third-order valence-corrected chi connectivity index (χ3v) is 6.31. The van der Waals surface area contributed by atoms with Crippen LogP contribution in [-0.4, -0.2) is 37.5 Å². The molecule has 0 saturated heterocycles. The van der Waals surface area contributed by atoms with Gasteiger partial charge in [-0.05, 0) is 38.7 Å². The molecule has 2 aromatic rings. The van der Waals surface area contributed by atoms with Crippen LogP contribution in [0.4, 0.5) is 5.69 Å². The number of rotatable bonds is 5. The minimum Gasteiger partial charge on any atom is -0.481 e. The molecule has 2 saturated carbocycles. The van der Waals surface area contributed by atoms with Gasteiger partial charge in [-0.2, -0.15) is 5.10 Å². The summed E-state index contributed by atoms with van der Waals surface area (Å²) in [6.07, 6.45) is 11.6. The lowest BCUT2D eigenvalue weighted by molar-refractivity contribution is -0.144. The highest BCUT2D eigenvalue weighted by molar-refractivity contribution is 5.96. The van der Waals surface area contributed by atoms with Gasteiger partial charge in [0.25, 0.3) is 0 Å². The maximum absolute atomic E-state index is 11.2. The average Bonchev–Trinajstić information content (AvgIpc) is 3.38. The Morgan fingerprint density at radius 3 is 2.89 bits per heavy atom. The highest BCUT2D eigenvalue weighted by Gasteiger charge is 2.39. The first kappa shape index (κ1) is 17.5. The number of anilines is 1. The van der Waals surface area contributed by atoms with Gasteiger partial charge in [-0.1, -0.05) is 12.8 Å². The summed E-state index contributed by atoms with van der Waals surface area (Å²) in [5, 5.41) is 18.2. The first-order chi connectivity index (χ1) is 13.6. The van der Waals surface area contributed by atoms with E-state index in [9.17, 15) is 9.90 Å². The molecule has 148 valence electrons. The van der Waals surface area contributed by atoms with E-state index in [1.54, 1.807) is 0 Å². The molecule has 0 bridgehead atoms. The molecule has 5 rings (SSSR count). The number of carboxylic acids is 1. The lowest BCUT2D eigenvalue weighted by atomic mass is 9.80. The van der Waals surface area contributed by atoms with Gasteiger partial charge in [-0.25, -0.2) is 9.67 Å². The summed E-state index contributed by atoms with van der Waals surface area (Å²) in [7, 11) is 0. The maximum Gasteiger partial charge on any atom is 0.306 e. The van der Waals surface area contributed by atoms with Crippen LogP contribution in [-0.2, 0) is 16.2 Å². The number of fused-ring (bicyclic) bond motifs is 1. The molecule has 0 atom stereocenters. The number of hydroxylamine groups is 1. The first-order valence-electron chi connectivity index (χ1n) is 10.1. The molecule has 3 aliphatic rings. The van der Waals surface area contributed by atoms with Crippen molar-refractivity contribution in [2.75, 3.05) is 5.32 Å². The Kier molecular flexibility index (Phi) is 4.04. The van der Waals surface area contributed by atoms with E-state index < -0.39 is 5.97 Å². The Labute approximate surface area is 162 Å². The van der Waals surface area contributed by atoms with E-state index in [4.69, 9.17) is 4.84 Å². The van der Waals surface area contributed by atoms with E-state index >= 15 is 0 Å². The fourth-order valence-electron chi connectivity index (χ4n) is 4.59. The first-order valence-corrected chi connectivity index (χ1v) is 10.1. The molecule has 8 heteroatoms. The van der Waals surface area contributed by atoms with Crippen molar-refractivity contribution in [2.24, 2.45) is 5.92 Å². The Hall–Kier alpha value is -2.61. The number of aliphatic carboxylic acids is 1. The van der Waals surface area contributed by atoms with Gasteiger partial charge in [-0.15, -0.1) is 0 Å². The lowest BCUT2D eigenvalue weighted by Crippen LogP contribution is -2.39. The zero-order valence-electron chi connectivity index (χ0n) is 15.9. The zero-order valence-corrected chi connectivity index (χ0v) is 15.9. The second-order valence-electron chi connectivity index (χ2n) is 8.13. The average molecular weight is 383 g/mol. The summed E-state index contributed by atoms with van der Waals surface area (Å²) in [6.45, 7) is 2.78. The van der Waals surface area contributed by atoms with Crippen molar-refractivity contribution in [3.8, 4) is 0 Å². The van der Waals surface area contributed by atoms with Crippen LogP contribution in [0, 0.1) is 5.92 Å². The molecule has 2 aliphatic carbocycles. The largest absolute Gasteiger partial charge is 0.481 e. The molecule has 3 heterocycles. The summed E-state index contributed by atoms with van der Waals surface area (Å²) in [5.41, 5.74) is 6.58. The molecule has 0 amide bonds. The number of aromatic nitrogens is 3. The number of hydrogen-bond acceptors (Lipinski definition) is 6. The standard InChI is InChI=1S/C20H25N5O3/c1-2-25-18-15(11-22-25)17(23-13-7-12(8-13)19(26)27)14(10-21-18)16-9-20(28-24-16)5-3-4-6-20/h9-13,24H,2-8H2,1H3,(H,21,23)(H,26,27). The summed E-state index contributed by atoms with van der Waals surface area (Å²) < 4.78 is 1.87. The van der Waals surface area contributed by atoms with Gasteiger partial charge in [0.2, 0.25) is 0 Å². The molecule has 1 spiro atoms. The van der Waals surface area contributed by atoms with Crippen LogP contribution in [0.2, 0.25) is 0 Å². The molecule has 2 aromatic heterocycles. The summed E-state index contributed by atoms with van der Waals surface area (Å²) in [4.78, 5) is 21.8. The molecule has 0 radical (unpaired) electrons. The van der Waals surface area contributed by atoms with Crippen LogP contribution in [0.5, 0.6) is 0 Å². The van der Waals surface area contributed by atoms with Crippen LogP contribution in [0.3, 0.4) is 0 Å². The normalized spacial score (nSPS) is 25.5. The van der Waals surface area contributed by atoms with Gasteiger partial charge < -0.3 is 10.4 Å². The second kappa shape index (κ2) is 6.48. The fourth-order valence-corrected chi connectivity index (χ4v) is 4.59. The van der Waals surface area contributed by atoms with Crippen LogP contribution in [0.15, 0.2) is 18.5 Å². The Balaban J connectivity index is 1.52. The number of aryl methyl sites for hydroxylation is 1. The van der Waals surface area contributed by atoms with Crippen molar-refractivity contribution in [2.45, 2.75) is 63.6 Å². The molecular weight excluding hydrogens is 358 g/mol. The third kappa shape index (κ3) is 2.74. The second-order valence-corrected chi connectivity index (χ2v) is 8.13. The molecule has 2 fully saturated rings. The van der Waals surface area contributed by atoms with E-state index in [2.05, 4.69) is 27.0 Å². The maximum atomic E-state index is 11.2. The minimum absolute atomic E-state index is 0.138. The van der Waals surface area contributed by atoms with Crippen molar-refractivity contribution in [1.29, 1.82) is 0 Å². The zero-order chi connectivity index (χ0) is 19.3. The van der Waals surface area contributed by atoms with E-state index in [1.807, 2.05) is 24.0 Å². The number of nitrogens with zero attached hydrogens (tertiary/aromatic N) is 3. The summed E-state index contributed by atoms with van der Waals surface area (Å²) in [5.74, 6) is -0.973. The van der Waals surface area contributed by atoms with Crippen molar-refractivity contribution in [1.82, 2.24) is 20.2 Å². The SMILES string of the molecule is CCn1ncc2c(NC3CC(C(=O)O)C3)c(C3=CC4(CCCC4)ON3)cnc21. The number of carboxylic acid groups (broad SMARTS) is 1.